The fourth-order valence-electron chi connectivity index (χ4n) is 5.87. The molecule has 0 amide bonds. The monoisotopic (exact) mass is 568 g/mol. The van der Waals surface area contributed by atoms with Crippen LogP contribution in [0.2, 0.25) is 0 Å². The number of fused-ring (bicyclic) bond motifs is 1. The molecule has 4 aromatic rings. The number of halogens is 3. The molecule has 1 aliphatic rings. The predicted molar refractivity (Wildman–Crippen MR) is 161 cm³/mol. The van der Waals surface area contributed by atoms with E-state index in [1.165, 1.54) is 17.8 Å². The van der Waals surface area contributed by atoms with Crippen molar-refractivity contribution in [2.75, 3.05) is 6.61 Å². The van der Waals surface area contributed by atoms with Crippen LogP contribution >= 0.6 is 0 Å². The normalized spacial score (nSPS) is 15.7. The summed E-state index contributed by atoms with van der Waals surface area (Å²) in [4.78, 5) is 4.89. The predicted octanol–water partition coefficient (Wildman–Crippen LogP) is 8.70. The fraction of sp³-hybridized carbons (Fsp3) is 0.250. The number of benzene rings is 3. The van der Waals surface area contributed by atoms with Crippen LogP contribution in [-0.4, -0.2) is 16.2 Å². The first kappa shape index (κ1) is 29.3. The Balaban J connectivity index is 1.44. The van der Waals surface area contributed by atoms with Crippen molar-refractivity contribution >= 4 is 0 Å². The number of ether oxygens (including phenoxy) is 1. The van der Waals surface area contributed by atoms with Gasteiger partial charge in [-0.2, -0.15) is 13.2 Å². The maximum atomic E-state index is 13.1. The summed E-state index contributed by atoms with van der Waals surface area (Å²) in [6.07, 6.45) is 10.7. The maximum absolute atomic E-state index is 13.1. The van der Waals surface area contributed by atoms with Gasteiger partial charge in [-0.25, -0.2) is 4.98 Å². The Morgan fingerprint density at radius 1 is 0.881 bits per heavy atom. The smallest absolute Gasteiger partial charge is 0.376 e. The third kappa shape index (κ3) is 6.50. The minimum Gasteiger partial charge on any atom is -0.376 e. The van der Waals surface area contributed by atoms with E-state index in [1.807, 2.05) is 30.6 Å². The molecule has 0 saturated heterocycles. The molecule has 1 unspecified atom stereocenters. The fourth-order valence-corrected chi connectivity index (χ4v) is 5.87. The molecule has 5 rings (SSSR count). The number of aryl methyl sites for hydroxylation is 1. The van der Waals surface area contributed by atoms with Crippen LogP contribution in [0.4, 0.5) is 13.2 Å². The summed E-state index contributed by atoms with van der Waals surface area (Å²) in [7, 11) is 0. The van der Waals surface area contributed by atoms with Gasteiger partial charge >= 0.3 is 6.18 Å². The van der Waals surface area contributed by atoms with Crippen LogP contribution in [0, 0.1) is 5.92 Å². The molecule has 1 heterocycles. The summed E-state index contributed by atoms with van der Waals surface area (Å²) in [5, 5.41) is 0. The number of rotatable bonds is 11. The van der Waals surface area contributed by atoms with Gasteiger partial charge in [0.05, 0.1) is 36.3 Å². The van der Waals surface area contributed by atoms with Crippen LogP contribution in [0.1, 0.15) is 46.5 Å². The Labute approximate surface area is 245 Å². The van der Waals surface area contributed by atoms with Crippen molar-refractivity contribution in [2.45, 2.75) is 44.0 Å². The van der Waals surface area contributed by atoms with Gasteiger partial charge in [0.2, 0.25) is 0 Å². The van der Waals surface area contributed by atoms with Crippen molar-refractivity contribution in [1.29, 1.82) is 0 Å². The van der Waals surface area contributed by atoms with Crippen LogP contribution in [0.15, 0.2) is 128 Å². The third-order valence-electron chi connectivity index (χ3n) is 7.92. The SMILES string of the molecule is C=C/C=C\C=C/CC(c1ccccc1)(c1ccccc1)n1cnc2c1CC(COCc1cccc(C(F)(F)F)c1)CC2. The van der Waals surface area contributed by atoms with Gasteiger partial charge in [-0.1, -0.05) is 110 Å². The molecule has 1 atom stereocenters. The van der Waals surface area contributed by atoms with E-state index in [1.54, 1.807) is 12.1 Å². The molecule has 0 radical (unpaired) electrons. The average molecular weight is 569 g/mol. The van der Waals surface area contributed by atoms with Crippen LogP contribution in [0.3, 0.4) is 0 Å². The number of imidazole rings is 1. The van der Waals surface area contributed by atoms with E-state index in [4.69, 9.17) is 9.72 Å². The molecule has 0 bridgehead atoms. The number of aromatic nitrogens is 2. The third-order valence-corrected chi connectivity index (χ3v) is 7.92. The Hall–Kier alpha value is -4.16. The molecule has 0 N–H and O–H groups in total. The highest BCUT2D eigenvalue weighted by Gasteiger charge is 2.39. The quantitative estimate of drug-likeness (QED) is 0.169. The summed E-state index contributed by atoms with van der Waals surface area (Å²) in [6.45, 7) is 4.38. The van der Waals surface area contributed by atoms with E-state index < -0.39 is 17.3 Å². The van der Waals surface area contributed by atoms with Gasteiger partial charge in [-0.05, 0) is 60.4 Å². The van der Waals surface area contributed by atoms with Gasteiger partial charge in [0.15, 0.2) is 0 Å². The lowest BCUT2D eigenvalue weighted by atomic mass is 9.78. The van der Waals surface area contributed by atoms with Crippen LogP contribution in [0.5, 0.6) is 0 Å². The van der Waals surface area contributed by atoms with Gasteiger partial charge in [0.1, 0.15) is 0 Å². The summed E-state index contributed by atoms with van der Waals surface area (Å²) < 4.78 is 47.8. The molecule has 216 valence electrons. The highest BCUT2D eigenvalue weighted by molar-refractivity contribution is 5.43. The van der Waals surface area contributed by atoms with E-state index >= 15 is 0 Å². The standard InChI is InChI=1S/C36H35F3N2O/c1-2-3-4-5-12-22-35(30-15-8-6-9-16-30,31-17-10-7-11-18-31)41-27-40-33-21-20-29(24-34(33)41)26-42-25-28-14-13-19-32(23-28)36(37,38)39/h2-19,23,27,29H,1,20-22,24-26H2/b4-3-,12-5-. The topological polar surface area (TPSA) is 27.1 Å². The minimum atomic E-state index is -4.37. The highest BCUT2D eigenvalue weighted by Crippen LogP contribution is 2.41. The number of alkyl halides is 3. The summed E-state index contributed by atoms with van der Waals surface area (Å²) >= 11 is 0. The van der Waals surface area contributed by atoms with Crippen molar-refractivity contribution in [2.24, 2.45) is 5.92 Å². The van der Waals surface area contributed by atoms with Gasteiger partial charge < -0.3 is 9.30 Å². The highest BCUT2D eigenvalue weighted by atomic mass is 19.4. The van der Waals surface area contributed by atoms with E-state index in [0.717, 1.165) is 42.1 Å². The second-order valence-electron chi connectivity index (χ2n) is 10.7. The Bertz CT molecular complexity index is 1480. The Kier molecular flexibility index (Phi) is 9.23. The second kappa shape index (κ2) is 13.2. The average Bonchev–Trinajstić information content (AvgIpc) is 3.43. The minimum absolute atomic E-state index is 0.146. The molecular formula is C36H35F3N2O. The Morgan fingerprint density at radius 3 is 2.24 bits per heavy atom. The van der Waals surface area contributed by atoms with Crippen molar-refractivity contribution in [3.8, 4) is 0 Å². The van der Waals surface area contributed by atoms with Crippen molar-refractivity contribution in [1.82, 2.24) is 9.55 Å². The van der Waals surface area contributed by atoms with Gasteiger partial charge in [0.25, 0.3) is 0 Å². The zero-order valence-electron chi connectivity index (χ0n) is 23.5. The van der Waals surface area contributed by atoms with Crippen LogP contribution in [-0.2, 0) is 35.9 Å². The first-order valence-electron chi connectivity index (χ1n) is 14.3. The van der Waals surface area contributed by atoms with Crippen LogP contribution in [0.25, 0.3) is 0 Å². The molecular weight excluding hydrogens is 533 g/mol. The first-order valence-corrected chi connectivity index (χ1v) is 14.3. The maximum Gasteiger partial charge on any atom is 0.416 e. The summed E-state index contributed by atoms with van der Waals surface area (Å²) in [5.74, 6) is 0.231. The molecule has 42 heavy (non-hydrogen) atoms. The molecule has 1 aliphatic carbocycles. The zero-order chi connectivity index (χ0) is 29.4. The lowest BCUT2D eigenvalue weighted by Crippen LogP contribution is -2.38. The van der Waals surface area contributed by atoms with E-state index in [9.17, 15) is 13.2 Å². The van der Waals surface area contributed by atoms with Crippen LogP contribution < -0.4 is 0 Å². The first-order chi connectivity index (χ1) is 20.4. The molecule has 3 nitrogen and oxygen atoms in total. The van der Waals surface area contributed by atoms with Gasteiger partial charge in [0, 0.05) is 5.69 Å². The summed E-state index contributed by atoms with van der Waals surface area (Å²) in [6, 6.07) is 26.4. The largest absolute Gasteiger partial charge is 0.416 e. The zero-order valence-corrected chi connectivity index (χ0v) is 23.5. The molecule has 1 aromatic heterocycles. The lowest BCUT2D eigenvalue weighted by Gasteiger charge is -2.38. The van der Waals surface area contributed by atoms with E-state index in [-0.39, 0.29) is 12.5 Å². The van der Waals surface area contributed by atoms with Crippen molar-refractivity contribution in [3.63, 3.8) is 0 Å². The lowest BCUT2D eigenvalue weighted by molar-refractivity contribution is -0.137. The number of hydrogen-bond donors (Lipinski definition) is 0. The van der Waals surface area contributed by atoms with E-state index in [0.29, 0.717) is 18.6 Å². The number of nitrogens with zero attached hydrogens (tertiary/aromatic N) is 2. The molecule has 0 fully saturated rings. The molecule has 0 spiro atoms. The summed E-state index contributed by atoms with van der Waals surface area (Å²) in [5.41, 5.74) is 3.95. The van der Waals surface area contributed by atoms with Crippen molar-refractivity contribution < 1.29 is 17.9 Å². The van der Waals surface area contributed by atoms with E-state index in [2.05, 4.69) is 71.8 Å². The molecule has 0 aliphatic heterocycles. The number of hydrogen-bond acceptors (Lipinski definition) is 2. The number of allylic oxidation sites excluding steroid dienone is 5. The second-order valence-corrected chi connectivity index (χ2v) is 10.7. The van der Waals surface area contributed by atoms with Gasteiger partial charge in [-0.3, -0.25) is 0 Å². The van der Waals surface area contributed by atoms with Gasteiger partial charge in [-0.15, -0.1) is 0 Å². The molecule has 0 saturated carbocycles. The van der Waals surface area contributed by atoms with Crippen molar-refractivity contribution in [3.05, 3.63) is 162 Å². The molecule has 6 heteroatoms. The Morgan fingerprint density at radius 2 is 1.57 bits per heavy atom. The molecule has 3 aromatic carbocycles.